The van der Waals surface area contributed by atoms with E-state index < -0.39 is 0 Å². The molecule has 2 aliphatic heterocycles. The molecule has 4 rings (SSSR count). The molecule has 0 radical (unpaired) electrons. The molecular weight excluding hydrogens is 332 g/mol. The Bertz CT molecular complexity index is 872. The Morgan fingerprint density at radius 2 is 2.00 bits per heavy atom. The molecule has 26 heavy (non-hydrogen) atoms. The van der Waals surface area contributed by atoms with Crippen LogP contribution in [0, 0.1) is 5.92 Å². The third-order valence-corrected chi connectivity index (χ3v) is 5.06. The highest BCUT2D eigenvalue weighted by Gasteiger charge is 2.37. The molecule has 6 nitrogen and oxygen atoms in total. The summed E-state index contributed by atoms with van der Waals surface area (Å²) in [6.45, 7) is 3.69. The van der Waals surface area contributed by atoms with Crippen LogP contribution in [0.5, 0.6) is 0 Å². The van der Waals surface area contributed by atoms with Gasteiger partial charge in [0.05, 0.1) is 23.9 Å². The van der Waals surface area contributed by atoms with E-state index in [4.69, 9.17) is 4.42 Å². The number of rotatable bonds is 3. The van der Waals surface area contributed by atoms with Gasteiger partial charge in [0.15, 0.2) is 0 Å². The lowest BCUT2D eigenvalue weighted by Crippen LogP contribution is -2.39. The van der Waals surface area contributed by atoms with Crippen LogP contribution in [0.1, 0.15) is 56.6 Å². The highest BCUT2D eigenvalue weighted by atomic mass is 16.3. The number of benzene rings is 1. The average molecular weight is 352 g/mol. The zero-order valence-electron chi connectivity index (χ0n) is 14.6. The van der Waals surface area contributed by atoms with Crippen molar-refractivity contribution >= 4 is 17.7 Å². The third-order valence-electron chi connectivity index (χ3n) is 5.06. The second-order valence-corrected chi connectivity index (χ2v) is 7.03. The van der Waals surface area contributed by atoms with E-state index in [0.717, 1.165) is 30.8 Å². The summed E-state index contributed by atoms with van der Waals surface area (Å²) < 4.78 is 5.24. The SMILES string of the molecule is C[C@H]1CCCN(C(=O)c2ccc3c(c2)C(=O)N(Cc2ccco2)C3=O)C1. The molecule has 1 fully saturated rings. The average Bonchev–Trinajstić information content (AvgIpc) is 3.24. The number of carbonyl (C=O) groups excluding carboxylic acids is 3. The maximum Gasteiger partial charge on any atom is 0.261 e. The minimum atomic E-state index is -0.386. The highest BCUT2D eigenvalue weighted by molar-refractivity contribution is 6.22. The first-order chi connectivity index (χ1) is 12.5. The van der Waals surface area contributed by atoms with Gasteiger partial charge in [-0.3, -0.25) is 19.3 Å². The van der Waals surface area contributed by atoms with Crippen molar-refractivity contribution in [3.8, 4) is 0 Å². The topological polar surface area (TPSA) is 70.8 Å². The minimum absolute atomic E-state index is 0.0796. The first-order valence-electron chi connectivity index (χ1n) is 8.86. The van der Waals surface area contributed by atoms with Crippen LogP contribution in [-0.4, -0.2) is 40.6 Å². The van der Waals surface area contributed by atoms with Crippen LogP contribution >= 0.6 is 0 Å². The van der Waals surface area contributed by atoms with Gasteiger partial charge in [-0.1, -0.05) is 6.92 Å². The standard InChI is InChI=1S/C20H20N2O4/c1-13-4-2-8-21(11-13)18(23)14-6-7-16-17(10-14)20(25)22(19(16)24)12-15-5-3-9-26-15/h3,5-7,9-10,13H,2,4,8,11-12H2,1H3/t13-/m0/s1. The fraction of sp³-hybridized carbons (Fsp3) is 0.350. The van der Waals surface area contributed by atoms with Crippen molar-refractivity contribution in [2.75, 3.05) is 13.1 Å². The Morgan fingerprint density at radius 3 is 2.73 bits per heavy atom. The number of likely N-dealkylation sites (tertiary alicyclic amines) is 1. The maximum atomic E-state index is 12.8. The van der Waals surface area contributed by atoms with Gasteiger partial charge in [0.25, 0.3) is 17.7 Å². The van der Waals surface area contributed by atoms with Crippen LogP contribution in [0.15, 0.2) is 41.0 Å². The molecule has 0 spiro atoms. The molecule has 1 atom stereocenters. The number of hydrogen-bond donors (Lipinski definition) is 0. The Kier molecular flexibility index (Phi) is 4.11. The van der Waals surface area contributed by atoms with Gasteiger partial charge in [-0.15, -0.1) is 0 Å². The van der Waals surface area contributed by atoms with Gasteiger partial charge >= 0.3 is 0 Å². The Labute approximate surface area is 151 Å². The van der Waals surface area contributed by atoms with E-state index in [2.05, 4.69) is 6.92 Å². The van der Waals surface area contributed by atoms with E-state index in [-0.39, 0.29) is 29.8 Å². The molecular formula is C20H20N2O4. The van der Waals surface area contributed by atoms with Gasteiger partial charge in [0, 0.05) is 18.7 Å². The molecule has 3 amide bonds. The number of carbonyl (C=O) groups is 3. The molecule has 6 heteroatoms. The molecule has 0 N–H and O–H groups in total. The molecule has 2 aromatic rings. The monoisotopic (exact) mass is 352 g/mol. The first-order valence-corrected chi connectivity index (χ1v) is 8.86. The third kappa shape index (κ3) is 2.81. The summed E-state index contributed by atoms with van der Waals surface area (Å²) in [6.07, 6.45) is 3.62. The summed E-state index contributed by atoms with van der Waals surface area (Å²) >= 11 is 0. The predicted molar refractivity (Wildman–Crippen MR) is 93.7 cm³/mol. The molecule has 1 saturated heterocycles. The second kappa shape index (κ2) is 6.44. The molecule has 1 aromatic heterocycles. The summed E-state index contributed by atoms with van der Waals surface area (Å²) in [6, 6.07) is 8.21. The number of fused-ring (bicyclic) bond motifs is 1. The van der Waals surface area contributed by atoms with Crippen LogP contribution in [0.25, 0.3) is 0 Å². The van der Waals surface area contributed by atoms with Crippen LogP contribution in [-0.2, 0) is 6.54 Å². The van der Waals surface area contributed by atoms with E-state index in [1.165, 1.54) is 6.26 Å². The molecule has 2 aliphatic rings. The number of hydrogen-bond acceptors (Lipinski definition) is 4. The fourth-order valence-corrected chi connectivity index (χ4v) is 3.68. The van der Waals surface area contributed by atoms with Crippen molar-refractivity contribution in [2.45, 2.75) is 26.3 Å². The fourth-order valence-electron chi connectivity index (χ4n) is 3.68. The van der Waals surface area contributed by atoms with Gasteiger partial charge < -0.3 is 9.32 Å². The normalized spacial score (nSPS) is 19.8. The van der Waals surface area contributed by atoms with Gasteiger partial charge in [-0.2, -0.15) is 0 Å². The predicted octanol–water partition coefficient (Wildman–Crippen LogP) is 2.95. The number of imide groups is 1. The van der Waals surface area contributed by atoms with Gasteiger partial charge in [0.1, 0.15) is 5.76 Å². The van der Waals surface area contributed by atoms with Crippen molar-refractivity contribution in [3.05, 3.63) is 59.0 Å². The summed E-state index contributed by atoms with van der Waals surface area (Å²) in [5.74, 6) is 0.200. The Morgan fingerprint density at radius 1 is 1.19 bits per heavy atom. The van der Waals surface area contributed by atoms with Crippen molar-refractivity contribution in [2.24, 2.45) is 5.92 Å². The highest BCUT2D eigenvalue weighted by Crippen LogP contribution is 2.27. The van der Waals surface area contributed by atoms with Gasteiger partial charge in [0.2, 0.25) is 0 Å². The molecule has 134 valence electrons. The van der Waals surface area contributed by atoms with E-state index in [1.807, 2.05) is 4.90 Å². The van der Waals surface area contributed by atoms with E-state index in [0.29, 0.717) is 22.8 Å². The van der Waals surface area contributed by atoms with E-state index in [9.17, 15) is 14.4 Å². The maximum absolute atomic E-state index is 12.8. The Hall–Kier alpha value is -2.89. The zero-order chi connectivity index (χ0) is 18.3. The molecule has 0 aliphatic carbocycles. The van der Waals surface area contributed by atoms with Gasteiger partial charge in [-0.25, -0.2) is 0 Å². The quantitative estimate of drug-likeness (QED) is 0.796. The van der Waals surface area contributed by atoms with E-state index >= 15 is 0 Å². The lowest BCUT2D eigenvalue weighted by Gasteiger charge is -2.31. The first kappa shape index (κ1) is 16.6. The zero-order valence-corrected chi connectivity index (χ0v) is 14.6. The number of furan rings is 1. The van der Waals surface area contributed by atoms with Crippen LogP contribution in [0.3, 0.4) is 0 Å². The summed E-state index contributed by atoms with van der Waals surface area (Å²) in [4.78, 5) is 41.0. The van der Waals surface area contributed by atoms with Crippen LogP contribution in [0.4, 0.5) is 0 Å². The van der Waals surface area contributed by atoms with Crippen molar-refractivity contribution in [3.63, 3.8) is 0 Å². The lowest BCUT2D eigenvalue weighted by molar-refractivity contribution is 0.0631. The molecule has 0 bridgehead atoms. The van der Waals surface area contributed by atoms with Crippen LogP contribution < -0.4 is 0 Å². The Balaban J connectivity index is 1.58. The second-order valence-electron chi connectivity index (χ2n) is 7.03. The molecule has 0 unspecified atom stereocenters. The summed E-state index contributed by atoms with van der Waals surface area (Å²) in [5, 5.41) is 0. The van der Waals surface area contributed by atoms with Crippen molar-refractivity contribution < 1.29 is 18.8 Å². The molecule has 3 heterocycles. The largest absolute Gasteiger partial charge is 0.467 e. The van der Waals surface area contributed by atoms with Crippen molar-refractivity contribution in [1.82, 2.24) is 9.80 Å². The number of amides is 3. The number of piperidine rings is 1. The number of nitrogens with zero attached hydrogens (tertiary/aromatic N) is 2. The molecule has 1 aromatic carbocycles. The van der Waals surface area contributed by atoms with Crippen molar-refractivity contribution in [1.29, 1.82) is 0 Å². The summed E-state index contributed by atoms with van der Waals surface area (Å²) in [5.41, 5.74) is 1.08. The summed E-state index contributed by atoms with van der Waals surface area (Å²) in [7, 11) is 0. The molecule has 0 saturated carbocycles. The van der Waals surface area contributed by atoms with E-state index in [1.54, 1.807) is 30.3 Å². The lowest BCUT2D eigenvalue weighted by atomic mass is 9.98. The van der Waals surface area contributed by atoms with Crippen LogP contribution in [0.2, 0.25) is 0 Å². The minimum Gasteiger partial charge on any atom is -0.467 e. The smallest absolute Gasteiger partial charge is 0.261 e. The van der Waals surface area contributed by atoms with Gasteiger partial charge in [-0.05, 0) is 49.1 Å².